The van der Waals surface area contributed by atoms with E-state index in [9.17, 15) is 0 Å². The van der Waals surface area contributed by atoms with E-state index in [1.165, 1.54) is 5.56 Å². The predicted octanol–water partition coefficient (Wildman–Crippen LogP) is 1.63. The number of hydrogen-bond donors (Lipinski definition) is 1. The van der Waals surface area contributed by atoms with Gasteiger partial charge in [0.05, 0.1) is 13.2 Å². The van der Waals surface area contributed by atoms with E-state index >= 15 is 0 Å². The fraction of sp³-hybridized carbons (Fsp3) is 0.429. The molecule has 0 saturated heterocycles. The van der Waals surface area contributed by atoms with E-state index in [1.807, 2.05) is 29.8 Å². The van der Waals surface area contributed by atoms with Crippen LogP contribution in [0.1, 0.15) is 11.4 Å². The standard InChI is InChI=1S/C14H20N4OS/c1-18-13(7-8-15)16-17-14(18)20-10-9-19-11-12-5-3-2-4-6-12/h2-6H,7-11,15H2,1H3. The molecule has 0 saturated carbocycles. The Morgan fingerprint density at radius 1 is 1.25 bits per heavy atom. The lowest BCUT2D eigenvalue weighted by molar-refractivity contribution is 0.136. The first-order chi connectivity index (χ1) is 9.81. The molecule has 0 fully saturated rings. The molecule has 20 heavy (non-hydrogen) atoms. The molecule has 0 unspecified atom stereocenters. The van der Waals surface area contributed by atoms with Crippen molar-refractivity contribution in [1.82, 2.24) is 14.8 Å². The second-order valence-electron chi connectivity index (χ2n) is 4.38. The Morgan fingerprint density at radius 2 is 2.05 bits per heavy atom. The molecule has 0 bridgehead atoms. The van der Waals surface area contributed by atoms with Crippen molar-refractivity contribution in [1.29, 1.82) is 0 Å². The summed E-state index contributed by atoms with van der Waals surface area (Å²) in [6.07, 6.45) is 0.758. The van der Waals surface area contributed by atoms with Gasteiger partial charge >= 0.3 is 0 Å². The highest BCUT2D eigenvalue weighted by atomic mass is 32.2. The summed E-state index contributed by atoms with van der Waals surface area (Å²) >= 11 is 1.65. The quantitative estimate of drug-likeness (QED) is 0.591. The lowest BCUT2D eigenvalue weighted by Gasteiger charge is -2.05. The van der Waals surface area contributed by atoms with Crippen LogP contribution >= 0.6 is 11.8 Å². The summed E-state index contributed by atoms with van der Waals surface area (Å²) < 4.78 is 7.63. The van der Waals surface area contributed by atoms with E-state index in [4.69, 9.17) is 10.5 Å². The highest BCUT2D eigenvalue weighted by Crippen LogP contribution is 2.15. The molecule has 1 aromatic heterocycles. The predicted molar refractivity (Wildman–Crippen MR) is 80.6 cm³/mol. The summed E-state index contributed by atoms with van der Waals surface area (Å²) in [4.78, 5) is 0. The van der Waals surface area contributed by atoms with Crippen molar-refractivity contribution >= 4 is 11.8 Å². The van der Waals surface area contributed by atoms with Crippen LogP contribution in [0.2, 0.25) is 0 Å². The van der Waals surface area contributed by atoms with Crippen LogP contribution in [-0.2, 0) is 24.8 Å². The van der Waals surface area contributed by atoms with Crippen LogP contribution in [0.25, 0.3) is 0 Å². The highest BCUT2D eigenvalue weighted by Gasteiger charge is 2.07. The van der Waals surface area contributed by atoms with Crippen LogP contribution in [0.4, 0.5) is 0 Å². The molecule has 0 aliphatic carbocycles. The van der Waals surface area contributed by atoms with Crippen molar-refractivity contribution in [2.45, 2.75) is 18.2 Å². The first-order valence-corrected chi connectivity index (χ1v) is 7.62. The Labute approximate surface area is 123 Å². The number of nitrogens with zero attached hydrogens (tertiary/aromatic N) is 3. The van der Waals surface area contributed by atoms with E-state index in [1.54, 1.807) is 11.8 Å². The molecule has 6 heteroatoms. The third-order valence-corrected chi connectivity index (χ3v) is 3.85. The van der Waals surface area contributed by atoms with Crippen molar-refractivity contribution < 1.29 is 4.74 Å². The summed E-state index contributed by atoms with van der Waals surface area (Å²) in [5.74, 6) is 1.79. The molecular weight excluding hydrogens is 272 g/mol. The molecule has 0 aliphatic rings. The van der Waals surface area contributed by atoms with Crippen molar-refractivity contribution in [3.8, 4) is 0 Å². The van der Waals surface area contributed by atoms with Gasteiger partial charge in [-0.2, -0.15) is 0 Å². The largest absolute Gasteiger partial charge is 0.376 e. The summed E-state index contributed by atoms with van der Waals surface area (Å²) in [5.41, 5.74) is 6.72. The Bertz CT molecular complexity index is 515. The number of ether oxygens (including phenoxy) is 1. The van der Waals surface area contributed by atoms with Crippen LogP contribution in [0, 0.1) is 0 Å². The van der Waals surface area contributed by atoms with Gasteiger partial charge in [-0.05, 0) is 12.1 Å². The number of rotatable bonds is 8. The van der Waals surface area contributed by atoms with E-state index in [0.29, 0.717) is 19.8 Å². The maximum absolute atomic E-state index is 5.64. The molecule has 0 spiro atoms. The van der Waals surface area contributed by atoms with Crippen LogP contribution in [-0.4, -0.2) is 33.7 Å². The van der Waals surface area contributed by atoms with E-state index in [0.717, 1.165) is 23.2 Å². The number of thioether (sulfide) groups is 1. The average Bonchev–Trinajstić information content (AvgIpc) is 2.82. The first-order valence-electron chi connectivity index (χ1n) is 6.64. The minimum atomic E-state index is 0.594. The fourth-order valence-corrected chi connectivity index (χ4v) is 2.56. The van der Waals surface area contributed by atoms with Crippen molar-refractivity contribution in [2.24, 2.45) is 12.8 Å². The zero-order chi connectivity index (χ0) is 14.2. The van der Waals surface area contributed by atoms with Crippen LogP contribution in [0.3, 0.4) is 0 Å². The molecular formula is C14H20N4OS. The van der Waals surface area contributed by atoms with Gasteiger partial charge in [-0.25, -0.2) is 0 Å². The molecule has 5 nitrogen and oxygen atoms in total. The van der Waals surface area contributed by atoms with Gasteiger partial charge in [-0.1, -0.05) is 42.1 Å². The number of hydrogen-bond acceptors (Lipinski definition) is 5. The van der Waals surface area contributed by atoms with Crippen molar-refractivity contribution in [2.75, 3.05) is 18.9 Å². The normalized spacial score (nSPS) is 10.9. The third-order valence-electron chi connectivity index (χ3n) is 2.86. The second-order valence-corrected chi connectivity index (χ2v) is 5.45. The number of benzene rings is 1. The summed E-state index contributed by atoms with van der Waals surface area (Å²) in [5, 5.41) is 9.19. The van der Waals surface area contributed by atoms with Crippen LogP contribution in [0.5, 0.6) is 0 Å². The zero-order valence-corrected chi connectivity index (χ0v) is 12.5. The van der Waals surface area contributed by atoms with Gasteiger partial charge < -0.3 is 15.0 Å². The molecule has 1 aromatic carbocycles. The monoisotopic (exact) mass is 292 g/mol. The van der Waals surface area contributed by atoms with Gasteiger partial charge in [0, 0.05) is 19.2 Å². The Hall–Kier alpha value is -1.37. The van der Waals surface area contributed by atoms with Crippen LogP contribution < -0.4 is 5.73 Å². The van der Waals surface area contributed by atoms with Crippen molar-refractivity contribution in [3.05, 3.63) is 41.7 Å². The highest BCUT2D eigenvalue weighted by molar-refractivity contribution is 7.99. The van der Waals surface area contributed by atoms with E-state index in [2.05, 4.69) is 22.3 Å². The molecule has 2 aromatic rings. The molecule has 0 radical (unpaired) electrons. The topological polar surface area (TPSA) is 66.0 Å². The Morgan fingerprint density at radius 3 is 2.80 bits per heavy atom. The van der Waals surface area contributed by atoms with Crippen LogP contribution in [0.15, 0.2) is 35.5 Å². The minimum absolute atomic E-state index is 0.594. The van der Waals surface area contributed by atoms with Crippen molar-refractivity contribution in [3.63, 3.8) is 0 Å². The lowest BCUT2D eigenvalue weighted by Crippen LogP contribution is -2.08. The lowest BCUT2D eigenvalue weighted by atomic mass is 10.2. The first kappa shape index (κ1) is 15.0. The third kappa shape index (κ3) is 4.33. The van der Waals surface area contributed by atoms with E-state index < -0.39 is 0 Å². The molecule has 2 N–H and O–H groups in total. The minimum Gasteiger partial charge on any atom is -0.376 e. The molecule has 0 aliphatic heterocycles. The van der Waals surface area contributed by atoms with Gasteiger partial charge in [0.2, 0.25) is 0 Å². The summed E-state index contributed by atoms with van der Waals surface area (Å²) in [6.45, 7) is 1.94. The molecule has 1 heterocycles. The average molecular weight is 292 g/mol. The maximum Gasteiger partial charge on any atom is 0.191 e. The summed E-state index contributed by atoms with van der Waals surface area (Å²) in [6, 6.07) is 10.2. The second kappa shape index (κ2) is 8.04. The van der Waals surface area contributed by atoms with Gasteiger partial charge in [0.25, 0.3) is 0 Å². The molecule has 108 valence electrons. The fourth-order valence-electron chi connectivity index (χ4n) is 1.77. The SMILES string of the molecule is Cn1c(CCN)nnc1SCCOCc1ccccc1. The smallest absolute Gasteiger partial charge is 0.191 e. The van der Waals surface area contributed by atoms with Gasteiger partial charge in [0.15, 0.2) is 5.16 Å². The molecule has 2 rings (SSSR count). The van der Waals surface area contributed by atoms with Gasteiger partial charge in [0.1, 0.15) is 5.82 Å². The molecule has 0 amide bonds. The maximum atomic E-state index is 5.64. The zero-order valence-electron chi connectivity index (χ0n) is 11.7. The Kier molecular flexibility index (Phi) is 6.04. The van der Waals surface area contributed by atoms with Gasteiger partial charge in [-0.15, -0.1) is 10.2 Å². The van der Waals surface area contributed by atoms with E-state index in [-0.39, 0.29) is 0 Å². The number of nitrogens with two attached hydrogens (primary N) is 1. The summed E-state index contributed by atoms with van der Waals surface area (Å²) in [7, 11) is 1.97. The Balaban J connectivity index is 1.68. The number of aromatic nitrogens is 3. The van der Waals surface area contributed by atoms with Gasteiger partial charge in [-0.3, -0.25) is 0 Å². The molecule has 0 atom stereocenters.